The van der Waals surface area contributed by atoms with E-state index in [1.165, 1.54) is 21.3 Å². The van der Waals surface area contributed by atoms with Crippen molar-refractivity contribution < 1.29 is 23.4 Å². The van der Waals surface area contributed by atoms with Gasteiger partial charge in [0.2, 0.25) is 5.76 Å². The zero-order chi connectivity index (χ0) is 21.0. The molecule has 0 spiro atoms. The summed E-state index contributed by atoms with van der Waals surface area (Å²) >= 11 is 0. The summed E-state index contributed by atoms with van der Waals surface area (Å²) in [4.78, 5) is 33.5. The number of H-pyrrole nitrogens is 1. The number of methoxy groups -OCH3 is 3. The molecule has 0 amide bonds. The lowest BCUT2D eigenvalue weighted by atomic mass is 10.2. The molecule has 0 aliphatic carbocycles. The Morgan fingerprint density at radius 1 is 1.14 bits per heavy atom. The number of hydrogen-bond donors (Lipinski definition) is 1. The van der Waals surface area contributed by atoms with Crippen LogP contribution < -0.4 is 15.0 Å². The van der Waals surface area contributed by atoms with Gasteiger partial charge >= 0.3 is 5.97 Å². The van der Waals surface area contributed by atoms with Gasteiger partial charge < -0.3 is 23.6 Å². The lowest BCUT2D eigenvalue weighted by molar-refractivity contribution is 0.0561. The molecule has 3 rings (SSSR count). The predicted molar refractivity (Wildman–Crippen MR) is 105 cm³/mol. The fourth-order valence-electron chi connectivity index (χ4n) is 2.97. The first-order chi connectivity index (χ1) is 14.0. The number of ether oxygens (including phenoxy) is 3. The van der Waals surface area contributed by atoms with Gasteiger partial charge in [-0.15, -0.1) is 0 Å². The van der Waals surface area contributed by atoms with E-state index < -0.39 is 5.97 Å². The first kappa shape index (κ1) is 20.4. The van der Waals surface area contributed by atoms with Crippen LogP contribution in [0.3, 0.4) is 0 Å². The lowest BCUT2D eigenvalue weighted by Gasteiger charge is -2.18. The van der Waals surface area contributed by atoms with Crippen LogP contribution in [0.5, 0.6) is 11.5 Å². The van der Waals surface area contributed by atoms with E-state index in [1.807, 2.05) is 11.8 Å². The average molecular weight is 401 g/mol. The summed E-state index contributed by atoms with van der Waals surface area (Å²) in [6.45, 7) is 3.50. The second-order valence-electron chi connectivity index (χ2n) is 6.30. The lowest BCUT2D eigenvalue weighted by Crippen LogP contribution is -2.25. The number of fused-ring (bicyclic) bond motifs is 1. The Morgan fingerprint density at radius 2 is 1.86 bits per heavy atom. The smallest absolute Gasteiger partial charge is 0.373 e. The predicted octanol–water partition coefficient (Wildman–Crippen LogP) is 2.34. The van der Waals surface area contributed by atoms with Gasteiger partial charge in [0.1, 0.15) is 11.6 Å². The van der Waals surface area contributed by atoms with Crippen LogP contribution in [0.1, 0.15) is 29.1 Å². The Bertz CT molecular complexity index is 1070. The molecule has 0 saturated heterocycles. The van der Waals surface area contributed by atoms with Crippen molar-refractivity contribution in [3.05, 3.63) is 52.0 Å². The highest BCUT2D eigenvalue weighted by Crippen LogP contribution is 2.30. The molecule has 2 aromatic heterocycles. The second kappa shape index (κ2) is 8.78. The van der Waals surface area contributed by atoms with E-state index in [0.717, 1.165) is 0 Å². The summed E-state index contributed by atoms with van der Waals surface area (Å²) < 4.78 is 20.7. The maximum Gasteiger partial charge on any atom is 0.373 e. The molecule has 0 aliphatic heterocycles. The molecule has 0 aliphatic rings. The molecule has 2 heterocycles. The van der Waals surface area contributed by atoms with E-state index >= 15 is 0 Å². The molecule has 0 fully saturated rings. The molecule has 3 aromatic rings. The van der Waals surface area contributed by atoms with Crippen molar-refractivity contribution in [1.29, 1.82) is 0 Å². The summed E-state index contributed by atoms with van der Waals surface area (Å²) in [5.41, 5.74) is 0.261. The molecule has 154 valence electrons. The van der Waals surface area contributed by atoms with Gasteiger partial charge in [0, 0.05) is 6.07 Å². The number of carbonyl (C=O) groups excluding carboxylic acids is 1. The molecule has 9 nitrogen and oxygen atoms in total. The largest absolute Gasteiger partial charge is 0.493 e. The first-order valence-corrected chi connectivity index (χ1v) is 9.03. The Balaban J connectivity index is 1.84. The van der Waals surface area contributed by atoms with Crippen LogP contribution in [-0.4, -0.2) is 48.7 Å². The number of esters is 1. The van der Waals surface area contributed by atoms with Crippen molar-refractivity contribution in [2.24, 2.45) is 0 Å². The van der Waals surface area contributed by atoms with Crippen molar-refractivity contribution >= 4 is 16.9 Å². The molecule has 0 saturated carbocycles. The van der Waals surface area contributed by atoms with Crippen LogP contribution in [0.2, 0.25) is 0 Å². The highest BCUT2D eigenvalue weighted by atomic mass is 16.5. The number of carbonyl (C=O) groups is 1. The third-order valence-electron chi connectivity index (χ3n) is 4.51. The molecule has 0 radical (unpaired) electrons. The molecule has 0 bridgehead atoms. The monoisotopic (exact) mass is 401 g/mol. The quantitative estimate of drug-likeness (QED) is 0.573. The van der Waals surface area contributed by atoms with Crippen molar-refractivity contribution in [2.75, 3.05) is 27.9 Å². The molecule has 1 N–H and O–H groups in total. The van der Waals surface area contributed by atoms with Crippen molar-refractivity contribution in [2.45, 2.75) is 20.0 Å². The number of furan rings is 1. The van der Waals surface area contributed by atoms with Crippen molar-refractivity contribution in [3.63, 3.8) is 0 Å². The maximum atomic E-state index is 12.5. The summed E-state index contributed by atoms with van der Waals surface area (Å²) in [5, 5.41) is 0.420. The highest BCUT2D eigenvalue weighted by molar-refractivity contribution is 5.86. The van der Waals surface area contributed by atoms with Crippen molar-refractivity contribution in [3.8, 4) is 11.5 Å². The van der Waals surface area contributed by atoms with Gasteiger partial charge in [-0.25, -0.2) is 9.78 Å². The van der Waals surface area contributed by atoms with Crippen molar-refractivity contribution in [1.82, 2.24) is 14.9 Å². The third-order valence-corrected chi connectivity index (χ3v) is 4.51. The van der Waals surface area contributed by atoms with E-state index in [2.05, 4.69) is 14.7 Å². The van der Waals surface area contributed by atoms with Gasteiger partial charge in [0.25, 0.3) is 5.56 Å². The Morgan fingerprint density at radius 3 is 2.52 bits per heavy atom. The zero-order valence-electron chi connectivity index (χ0n) is 16.8. The molecule has 0 unspecified atom stereocenters. The fourth-order valence-corrected chi connectivity index (χ4v) is 2.97. The number of hydrogen-bond acceptors (Lipinski definition) is 8. The van der Waals surface area contributed by atoms with Gasteiger partial charge in [0.15, 0.2) is 11.5 Å². The number of aromatic amines is 1. The fraction of sp³-hybridized carbons (Fsp3) is 0.350. The normalized spacial score (nSPS) is 11.1. The Kier molecular flexibility index (Phi) is 6.18. The van der Waals surface area contributed by atoms with E-state index in [1.54, 1.807) is 24.3 Å². The van der Waals surface area contributed by atoms with Crippen LogP contribution in [-0.2, 0) is 17.8 Å². The zero-order valence-corrected chi connectivity index (χ0v) is 16.8. The van der Waals surface area contributed by atoms with Gasteiger partial charge in [0.05, 0.1) is 45.3 Å². The topological polar surface area (TPSA) is 107 Å². The van der Waals surface area contributed by atoms with Gasteiger partial charge in [-0.3, -0.25) is 9.69 Å². The second-order valence-corrected chi connectivity index (χ2v) is 6.30. The van der Waals surface area contributed by atoms with Crippen LogP contribution in [0.4, 0.5) is 0 Å². The van der Waals surface area contributed by atoms with Gasteiger partial charge in [-0.1, -0.05) is 6.92 Å². The molecular weight excluding hydrogens is 378 g/mol. The molecular formula is C20H23N3O6. The standard InChI is InChI=1S/C20H23N3O6/c1-5-23(10-12-6-7-15(29-12)20(25)28-4)11-18-21-14-9-17(27-3)16(26-2)8-13(14)19(24)22-18/h6-9H,5,10-11H2,1-4H3,(H,21,22,24). The van der Waals surface area contributed by atoms with E-state index in [-0.39, 0.29) is 11.3 Å². The first-order valence-electron chi connectivity index (χ1n) is 9.03. The van der Waals surface area contributed by atoms with Gasteiger partial charge in [-0.2, -0.15) is 0 Å². The minimum Gasteiger partial charge on any atom is -0.493 e. The third kappa shape index (κ3) is 4.40. The number of nitrogens with one attached hydrogen (secondary N) is 1. The number of aromatic nitrogens is 2. The Labute approximate surface area is 167 Å². The number of benzene rings is 1. The van der Waals surface area contributed by atoms with Crippen LogP contribution >= 0.6 is 0 Å². The highest BCUT2D eigenvalue weighted by Gasteiger charge is 2.15. The van der Waals surface area contributed by atoms with Crippen LogP contribution in [0.15, 0.2) is 33.5 Å². The summed E-state index contributed by atoms with van der Waals surface area (Å²) in [6, 6.07) is 6.59. The molecule has 9 heteroatoms. The SMILES string of the molecule is CCN(Cc1nc2cc(OC)c(OC)cc2c(=O)[nH]1)Cc1ccc(C(=O)OC)o1. The summed E-state index contributed by atoms with van der Waals surface area (Å²) in [7, 11) is 4.34. The van der Waals surface area contributed by atoms with Crippen LogP contribution in [0.25, 0.3) is 10.9 Å². The number of rotatable bonds is 8. The summed E-state index contributed by atoms with van der Waals surface area (Å²) in [6.07, 6.45) is 0. The van der Waals surface area contributed by atoms with Crippen LogP contribution in [0, 0.1) is 0 Å². The Hall–Kier alpha value is -3.33. The average Bonchev–Trinajstić information content (AvgIpc) is 3.20. The minimum absolute atomic E-state index is 0.150. The van der Waals surface area contributed by atoms with E-state index in [9.17, 15) is 9.59 Å². The molecule has 1 aromatic carbocycles. The molecule has 0 atom stereocenters. The number of nitrogens with zero attached hydrogens (tertiary/aromatic N) is 2. The van der Waals surface area contributed by atoms with E-state index in [0.29, 0.717) is 53.6 Å². The summed E-state index contributed by atoms with van der Waals surface area (Å²) in [5.74, 6) is 1.72. The minimum atomic E-state index is -0.524. The van der Waals surface area contributed by atoms with Gasteiger partial charge in [-0.05, 0) is 24.7 Å². The van der Waals surface area contributed by atoms with E-state index in [4.69, 9.17) is 13.9 Å². The maximum absolute atomic E-state index is 12.5. The molecule has 29 heavy (non-hydrogen) atoms.